The summed E-state index contributed by atoms with van der Waals surface area (Å²) >= 11 is 1.28. The molecule has 6 heteroatoms. The minimum absolute atomic E-state index is 0.274. The maximum absolute atomic E-state index is 13.6. The van der Waals surface area contributed by atoms with Crippen molar-refractivity contribution in [3.05, 3.63) is 42.0 Å². The van der Waals surface area contributed by atoms with E-state index in [0.29, 0.717) is 28.6 Å². The van der Waals surface area contributed by atoms with Gasteiger partial charge in [-0.05, 0) is 18.6 Å². The fraction of sp³-hybridized carbons (Fsp3) is 0.400. The summed E-state index contributed by atoms with van der Waals surface area (Å²) in [5.74, 6) is 0.626. The molecule has 0 aliphatic rings. The standard InChI is InChI=1S/C15H19FN2O2S/c1-3-8-18-15(13(20-2)9-17-18)12(19)10-21-14-7-5-4-6-11(14)16/h4-7,9,12,19H,3,8,10H2,1-2H3. The molecule has 0 aliphatic carbocycles. The van der Waals surface area contributed by atoms with Gasteiger partial charge in [-0.1, -0.05) is 19.1 Å². The number of aliphatic hydroxyl groups is 1. The van der Waals surface area contributed by atoms with E-state index in [-0.39, 0.29) is 5.82 Å². The predicted octanol–water partition coefficient (Wildman–Crippen LogP) is 3.27. The summed E-state index contributed by atoms with van der Waals surface area (Å²) in [4.78, 5) is 0.525. The molecule has 1 unspecified atom stereocenters. The van der Waals surface area contributed by atoms with E-state index in [1.807, 2.05) is 6.92 Å². The van der Waals surface area contributed by atoms with Gasteiger partial charge in [0.25, 0.3) is 0 Å². The van der Waals surface area contributed by atoms with Gasteiger partial charge in [-0.25, -0.2) is 4.39 Å². The van der Waals surface area contributed by atoms with Crippen LogP contribution < -0.4 is 4.74 Å². The first-order valence-electron chi connectivity index (χ1n) is 6.82. The van der Waals surface area contributed by atoms with E-state index in [2.05, 4.69) is 5.10 Å². The summed E-state index contributed by atoms with van der Waals surface area (Å²) < 4.78 is 20.6. The van der Waals surface area contributed by atoms with Gasteiger partial charge < -0.3 is 9.84 Å². The minimum atomic E-state index is -0.765. The van der Waals surface area contributed by atoms with Crippen LogP contribution in [0.1, 0.15) is 25.1 Å². The van der Waals surface area contributed by atoms with Gasteiger partial charge in [-0.15, -0.1) is 11.8 Å². The van der Waals surface area contributed by atoms with Crippen LogP contribution in [0, 0.1) is 5.82 Å². The van der Waals surface area contributed by atoms with Crippen LogP contribution >= 0.6 is 11.8 Å². The van der Waals surface area contributed by atoms with Gasteiger partial charge in [-0.2, -0.15) is 5.10 Å². The average molecular weight is 310 g/mol. The molecular formula is C15H19FN2O2S. The molecule has 1 aromatic heterocycles. The van der Waals surface area contributed by atoms with Gasteiger partial charge in [-0.3, -0.25) is 4.68 Å². The lowest BCUT2D eigenvalue weighted by Gasteiger charge is -2.14. The third kappa shape index (κ3) is 3.77. The Morgan fingerprint density at radius 1 is 1.43 bits per heavy atom. The molecule has 0 saturated heterocycles. The molecule has 4 nitrogen and oxygen atoms in total. The molecule has 1 N–H and O–H groups in total. The van der Waals surface area contributed by atoms with Crippen molar-refractivity contribution in [2.24, 2.45) is 0 Å². The van der Waals surface area contributed by atoms with Gasteiger partial charge in [0.05, 0.1) is 13.3 Å². The largest absolute Gasteiger partial charge is 0.493 e. The molecule has 2 rings (SSSR count). The molecule has 1 atom stereocenters. The average Bonchev–Trinajstić information content (AvgIpc) is 2.89. The number of aliphatic hydroxyl groups excluding tert-OH is 1. The highest BCUT2D eigenvalue weighted by molar-refractivity contribution is 7.99. The number of benzene rings is 1. The molecule has 0 aliphatic heterocycles. The van der Waals surface area contributed by atoms with Crippen molar-refractivity contribution >= 4 is 11.8 Å². The smallest absolute Gasteiger partial charge is 0.162 e. The number of rotatable bonds is 7. The first kappa shape index (κ1) is 15.9. The number of ether oxygens (including phenoxy) is 1. The molecule has 0 spiro atoms. The van der Waals surface area contributed by atoms with Gasteiger partial charge in [0.1, 0.15) is 17.6 Å². The van der Waals surface area contributed by atoms with Crippen molar-refractivity contribution in [3.8, 4) is 5.75 Å². The molecule has 0 fully saturated rings. The fourth-order valence-electron chi connectivity index (χ4n) is 2.07. The van der Waals surface area contributed by atoms with Gasteiger partial charge in [0.15, 0.2) is 5.75 Å². The Morgan fingerprint density at radius 2 is 2.19 bits per heavy atom. The monoisotopic (exact) mass is 310 g/mol. The summed E-state index contributed by atoms with van der Waals surface area (Å²) in [7, 11) is 1.55. The highest BCUT2D eigenvalue weighted by atomic mass is 32.2. The van der Waals surface area contributed by atoms with Crippen molar-refractivity contribution < 1.29 is 14.2 Å². The molecule has 0 radical (unpaired) electrons. The summed E-state index contributed by atoms with van der Waals surface area (Å²) in [6.07, 6.45) is 1.74. The first-order valence-corrected chi connectivity index (χ1v) is 7.81. The third-order valence-electron chi connectivity index (χ3n) is 3.05. The highest BCUT2D eigenvalue weighted by Gasteiger charge is 2.20. The van der Waals surface area contributed by atoms with E-state index in [1.165, 1.54) is 17.8 Å². The number of aromatic nitrogens is 2. The molecule has 1 heterocycles. The van der Waals surface area contributed by atoms with Crippen molar-refractivity contribution in [2.45, 2.75) is 30.9 Å². The van der Waals surface area contributed by atoms with Crippen molar-refractivity contribution in [1.82, 2.24) is 9.78 Å². The first-order chi connectivity index (χ1) is 10.2. The quantitative estimate of drug-likeness (QED) is 0.797. The van der Waals surface area contributed by atoms with E-state index >= 15 is 0 Å². The Morgan fingerprint density at radius 3 is 2.86 bits per heavy atom. The lowest BCUT2D eigenvalue weighted by Crippen LogP contribution is -2.12. The third-order valence-corrected chi connectivity index (χ3v) is 4.17. The lowest BCUT2D eigenvalue weighted by molar-refractivity contribution is 0.186. The zero-order chi connectivity index (χ0) is 15.2. The second-order valence-corrected chi connectivity index (χ2v) is 5.64. The van der Waals surface area contributed by atoms with Crippen LogP contribution in [0.2, 0.25) is 0 Å². The maximum Gasteiger partial charge on any atom is 0.162 e. The van der Waals surface area contributed by atoms with Crippen LogP contribution in [-0.4, -0.2) is 27.7 Å². The molecule has 1 aromatic carbocycles. The van der Waals surface area contributed by atoms with Gasteiger partial charge in [0, 0.05) is 17.2 Å². The molecule has 21 heavy (non-hydrogen) atoms. The molecule has 2 aromatic rings. The topological polar surface area (TPSA) is 47.3 Å². The summed E-state index contributed by atoms with van der Waals surface area (Å²) in [5, 5.41) is 14.6. The Balaban J connectivity index is 2.11. The van der Waals surface area contributed by atoms with Crippen LogP contribution in [0.4, 0.5) is 4.39 Å². The van der Waals surface area contributed by atoms with Crippen LogP contribution in [0.25, 0.3) is 0 Å². The minimum Gasteiger partial charge on any atom is -0.493 e. The number of hydrogen-bond donors (Lipinski definition) is 1. The number of aryl methyl sites for hydroxylation is 1. The van der Waals surface area contributed by atoms with E-state index in [4.69, 9.17) is 4.74 Å². The van der Waals surface area contributed by atoms with E-state index in [9.17, 15) is 9.50 Å². The van der Waals surface area contributed by atoms with Crippen molar-refractivity contribution in [1.29, 1.82) is 0 Å². The lowest BCUT2D eigenvalue weighted by atomic mass is 10.2. The van der Waals surface area contributed by atoms with E-state index in [1.54, 1.807) is 36.2 Å². The normalized spacial score (nSPS) is 12.4. The maximum atomic E-state index is 13.6. The summed E-state index contributed by atoms with van der Waals surface area (Å²) in [6, 6.07) is 6.54. The van der Waals surface area contributed by atoms with E-state index in [0.717, 1.165) is 6.42 Å². The molecular weight excluding hydrogens is 291 g/mol. The summed E-state index contributed by atoms with van der Waals surface area (Å²) in [6.45, 7) is 2.75. The number of halogens is 1. The molecule has 114 valence electrons. The van der Waals surface area contributed by atoms with E-state index < -0.39 is 6.10 Å². The number of nitrogens with zero attached hydrogens (tertiary/aromatic N) is 2. The number of thioether (sulfide) groups is 1. The summed E-state index contributed by atoms with van der Waals surface area (Å²) in [5.41, 5.74) is 0.642. The SMILES string of the molecule is CCCn1ncc(OC)c1C(O)CSc1ccccc1F. The van der Waals surface area contributed by atoms with Gasteiger partial charge >= 0.3 is 0 Å². The Bertz CT molecular complexity index is 589. The van der Waals surface area contributed by atoms with Crippen molar-refractivity contribution in [2.75, 3.05) is 12.9 Å². The second kappa shape index (κ2) is 7.47. The number of methoxy groups -OCH3 is 1. The fourth-order valence-corrected chi connectivity index (χ4v) is 2.95. The van der Waals surface area contributed by atoms with Crippen LogP contribution in [-0.2, 0) is 6.54 Å². The highest BCUT2D eigenvalue weighted by Crippen LogP contribution is 2.31. The zero-order valence-corrected chi connectivity index (χ0v) is 12.9. The number of hydrogen-bond acceptors (Lipinski definition) is 4. The molecule has 0 saturated carbocycles. The van der Waals surface area contributed by atoms with Crippen LogP contribution in [0.5, 0.6) is 5.75 Å². The Labute approximate surface area is 127 Å². The Hall–Kier alpha value is -1.53. The van der Waals surface area contributed by atoms with Crippen molar-refractivity contribution in [3.63, 3.8) is 0 Å². The van der Waals surface area contributed by atoms with Gasteiger partial charge in [0.2, 0.25) is 0 Å². The zero-order valence-electron chi connectivity index (χ0n) is 12.1. The predicted molar refractivity (Wildman–Crippen MR) is 81.2 cm³/mol. The van der Waals surface area contributed by atoms with Crippen LogP contribution in [0.3, 0.4) is 0 Å². The van der Waals surface area contributed by atoms with Crippen LogP contribution in [0.15, 0.2) is 35.4 Å². The Kier molecular flexibility index (Phi) is 5.64. The molecule has 0 amide bonds. The second-order valence-electron chi connectivity index (χ2n) is 4.58. The molecule has 0 bridgehead atoms.